The molecule has 0 aromatic heterocycles. The number of carboxylic acid groups (broad SMARTS) is 1. The number of aliphatic carboxylic acids is 1. The molecule has 0 bridgehead atoms. The first-order valence-corrected chi connectivity index (χ1v) is 7.05. The Morgan fingerprint density at radius 1 is 1.37 bits per heavy atom. The van der Waals surface area contributed by atoms with Crippen LogP contribution in [0.25, 0.3) is 0 Å². The third-order valence-corrected chi connectivity index (χ3v) is 3.49. The third kappa shape index (κ3) is 4.58. The highest BCUT2D eigenvalue weighted by Crippen LogP contribution is 2.30. The predicted octanol–water partition coefficient (Wildman–Crippen LogP) is 4.08. The Morgan fingerprint density at radius 3 is 2.68 bits per heavy atom. The van der Waals surface area contributed by atoms with Gasteiger partial charge in [-0.05, 0) is 36.5 Å². The fourth-order valence-corrected chi connectivity index (χ4v) is 2.22. The Kier molecular flexibility index (Phi) is 6.40. The molecule has 19 heavy (non-hydrogen) atoms. The van der Waals surface area contributed by atoms with E-state index in [0.717, 1.165) is 30.6 Å². The lowest BCUT2D eigenvalue weighted by Crippen LogP contribution is -2.18. The highest BCUT2D eigenvalue weighted by Gasteiger charge is 2.23. The van der Waals surface area contributed by atoms with Crippen LogP contribution in [0.5, 0.6) is 5.75 Å². The Labute approximate surface area is 115 Å². The van der Waals surface area contributed by atoms with Gasteiger partial charge in [0.1, 0.15) is 5.75 Å². The summed E-state index contributed by atoms with van der Waals surface area (Å²) in [6, 6.07) is 7.83. The molecule has 0 amide bonds. The molecule has 0 aliphatic heterocycles. The number of carbonyl (C=O) groups is 1. The van der Waals surface area contributed by atoms with E-state index < -0.39 is 5.97 Å². The second-order valence-corrected chi connectivity index (χ2v) is 4.92. The summed E-state index contributed by atoms with van der Waals surface area (Å²) in [6.07, 6.45) is 2.95. The van der Waals surface area contributed by atoms with Crippen LogP contribution in [0, 0.1) is 5.92 Å². The molecular weight excluding hydrogens is 240 g/mol. The fourth-order valence-electron chi connectivity index (χ4n) is 2.22. The molecule has 0 spiro atoms. The van der Waals surface area contributed by atoms with Crippen LogP contribution < -0.4 is 4.74 Å². The number of carboxylic acids is 1. The Bertz CT molecular complexity index is 401. The summed E-state index contributed by atoms with van der Waals surface area (Å²) in [5, 5.41) is 9.16. The third-order valence-electron chi connectivity index (χ3n) is 3.49. The number of benzene rings is 1. The van der Waals surface area contributed by atoms with Gasteiger partial charge in [-0.3, -0.25) is 4.79 Å². The van der Waals surface area contributed by atoms with Gasteiger partial charge in [0.15, 0.2) is 0 Å². The molecule has 3 nitrogen and oxygen atoms in total. The van der Waals surface area contributed by atoms with E-state index in [1.165, 1.54) is 0 Å². The maximum Gasteiger partial charge on any atom is 0.306 e. The minimum atomic E-state index is -0.746. The summed E-state index contributed by atoms with van der Waals surface area (Å²) >= 11 is 0. The van der Waals surface area contributed by atoms with Crippen LogP contribution >= 0.6 is 0 Å². The van der Waals surface area contributed by atoms with Crippen molar-refractivity contribution in [3.05, 3.63) is 29.8 Å². The molecule has 2 atom stereocenters. The van der Waals surface area contributed by atoms with Crippen molar-refractivity contribution in [1.29, 1.82) is 0 Å². The number of ether oxygens (including phenoxy) is 1. The van der Waals surface area contributed by atoms with Crippen LogP contribution in [0.3, 0.4) is 0 Å². The largest absolute Gasteiger partial charge is 0.494 e. The van der Waals surface area contributed by atoms with Gasteiger partial charge in [-0.15, -0.1) is 0 Å². The van der Waals surface area contributed by atoms with Crippen molar-refractivity contribution in [2.45, 2.75) is 46.0 Å². The lowest BCUT2D eigenvalue weighted by atomic mass is 9.85. The molecule has 3 heteroatoms. The van der Waals surface area contributed by atoms with E-state index in [9.17, 15) is 4.79 Å². The molecular formula is C16H24O3. The Balaban J connectivity index is 2.81. The minimum absolute atomic E-state index is 0.0345. The van der Waals surface area contributed by atoms with Crippen LogP contribution in [0.15, 0.2) is 24.3 Å². The normalized spacial score (nSPS) is 13.8. The molecule has 0 saturated heterocycles. The molecule has 1 aromatic carbocycles. The Morgan fingerprint density at radius 2 is 2.11 bits per heavy atom. The topological polar surface area (TPSA) is 46.5 Å². The van der Waals surface area contributed by atoms with Crippen LogP contribution in [0.1, 0.15) is 51.5 Å². The summed E-state index contributed by atoms with van der Waals surface area (Å²) in [4.78, 5) is 11.1. The van der Waals surface area contributed by atoms with Crippen molar-refractivity contribution < 1.29 is 14.6 Å². The lowest BCUT2D eigenvalue weighted by molar-refractivity contribution is -0.141. The van der Waals surface area contributed by atoms with E-state index in [2.05, 4.69) is 6.92 Å². The molecule has 0 saturated carbocycles. The second kappa shape index (κ2) is 7.82. The molecule has 1 aromatic rings. The van der Waals surface area contributed by atoms with Crippen molar-refractivity contribution in [2.75, 3.05) is 6.61 Å². The zero-order valence-corrected chi connectivity index (χ0v) is 12.1. The van der Waals surface area contributed by atoms with Crippen molar-refractivity contribution >= 4 is 5.97 Å². The molecule has 1 rings (SSSR count). The van der Waals surface area contributed by atoms with Gasteiger partial charge in [-0.1, -0.05) is 39.3 Å². The highest BCUT2D eigenvalue weighted by molar-refractivity contribution is 5.71. The maximum absolute atomic E-state index is 11.1. The number of rotatable bonds is 8. The summed E-state index contributed by atoms with van der Waals surface area (Å²) in [5.74, 6) is -0.255. The monoisotopic (exact) mass is 264 g/mol. The summed E-state index contributed by atoms with van der Waals surface area (Å²) in [5.41, 5.74) is 1.05. The van der Waals surface area contributed by atoms with E-state index >= 15 is 0 Å². The van der Waals surface area contributed by atoms with Crippen LogP contribution in [-0.2, 0) is 4.79 Å². The average molecular weight is 264 g/mol. The molecule has 106 valence electrons. The minimum Gasteiger partial charge on any atom is -0.494 e. The molecule has 1 N–H and O–H groups in total. The molecule has 0 radical (unpaired) electrons. The van der Waals surface area contributed by atoms with Crippen molar-refractivity contribution in [1.82, 2.24) is 0 Å². The molecule has 0 heterocycles. The van der Waals surface area contributed by atoms with E-state index in [1.807, 2.05) is 31.2 Å². The standard InChI is InChI=1S/C16H24O3/c1-4-6-10-19-14-9-7-8-13(11-14)15(5-2)12(3)16(17)18/h7-9,11-12,15H,4-6,10H2,1-3H3,(H,17,18)/t12-,15+/m1/s1. The van der Waals surface area contributed by atoms with E-state index in [1.54, 1.807) is 6.92 Å². The van der Waals surface area contributed by atoms with Gasteiger partial charge in [0.05, 0.1) is 12.5 Å². The van der Waals surface area contributed by atoms with Gasteiger partial charge in [0.25, 0.3) is 0 Å². The zero-order valence-electron chi connectivity index (χ0n) is 12.1. The van der Waals surface area contributed by atoms with E-state index in [-0.39, 0.29) is 11.8 Å². The summed E-state index contributed by atoms with van der Waals surface area (Å²) < 4.78 is 5.67. The van der Waals surface area contributed by atoms with Crippen molar-refractivity contribution in [2.24, 2.45) is 5.92 Å². The SMILES string of the molecule is CCCCOc1cccc([C@@H](CC)[C@@H](C)C(=O)O)c1. The fraction of sp³-hybridized carbons (Fsp3) is 0.562. The maximum atomic E-state index is 11.1. The Hall–Kier alpha value is -1.51. The van der Waals surface area contributed by atoms with Crippen LogP contribution in [0.4, 0.5) is 0 Å². The lowest BCUT2D eigenvalue weighted by Gasteiger charge is -2.20. The first-order valence-electron chi connectivity index (χ1n) is 7.05. The average Bonchev–Trinajstić information content (AvgIpc) is 2.40. The van der Waals surface area contributed by atoms with Crippen molar-refractivity contribution in [3.8, 4) is 5.75 Å². The van der Waals surface area contributed by atoms with Gasteiger partial charge < -0.3 is 9.84 Å². The van der Waals surface area contributed by atoms with Gasteiger partial charge in [-0.2, -0.15) is 0 Å². The van der Waals surface area contributed by atoms with E-state index in [4.69, 9.17) is 9.84 Å². The smallest absolute Gasteiger partial charge is 0.306 e. The summed E-state index contributed by atoms with van der Waals surface area (Å²) in [7, 11) is 0. The highest BCUT2D eigenvalue weighted by atomic mass is 16.5. The van der Waals surface area contributed by atoms with Crippen LogP contribution in [-0.4, -0.2) is 17.7 Å². The van der Waals surface area contributed by atoms with Crippen LogP contribution in [0.2, 0.25) is 0 Å². The number of hydrogen-bond donors (Lipinski definition) is 1. The molecule has 0 aliphatic rings. The predicted molar refractivity (Wildman–Crippen MR) is 76.7 cm³/mol. The quantitative estimate of drug-likeness (QED) is 0.720. The van der Waals surface area contributed by atoms with Gasteiger partial charge in [0.2, 0.25) is 0 Å². The number of unbranched alkanes of at least 4 members (excludes halogenated alkanes) is 1. The second-order valence-electron chi connectivity index (χ2n) is 4.92. The van der Waals surface area contributed by atoms with Gasteiger partial charge in [0, 0.05) is 0 Å². The van der Waals surface area contributed by atoms with Gasteiger partial charge >= 0.3 is 5.97 Å². The summed E-state index contributed by atoms with van der Waals surface area (Å²) in [6.45, 7) is 6.63. The molecule has 0 aliphatic carbocycles. The van der Waals surface area contributed by atoms with E-state index in [0.29, 0.717) is 6.61 Å². The molecule has 0 fully saturated rings. The van der Waals surface area contributed by atoms with Crippen molar-refractivity contribution in [3.63, 3.8) is 0 Å². The number of hydrogen-bond acceptors (Lipinski definition) is 2. The molecule has 0 unspecified atom stereocenters. The first kappa shape index (κ1) is 15.5. The van der Waals surface area contributed by atoms with Gasteiger partial charge in [-0.25, -0.2) is 0 Å². The first-order chi connectivity index (χ1) is 9.10. The zero-order chi connectivity index (χ0) is 14.3.